The van der Waals surface area contributed by atoms with E-state index in [-0.39, 0.29) is 12.2 Å². The van der Waals surface area contributed by atoms with Crippen molar-refractivity contribution in [2.24, 2.45) is 0 Å². The smallest absolute Gasteiger partial charge is 0.146 e. The van der Waals surface area contributed by atoms with Gasteiger partial charge in [-0.2, -0.15) is 0 Å². The third kappa shape index (κ3) is 3.12. The van der Waals surface area contributed by atoms with E-state index >= 15 is 0 Å². The minimum absolute atomic E-state index is 0.0889. The van der Waals surface area contributed by atoms with Gasteiger partial charge in [-0.05, 0) is 42.0 Å². The predicted octanol–water partition coefficient (Wildman–Crippen LogP) is 4.88. The number of hydrogen-bond donors (Lipinski definition) is 1. The molecule has 0 aromatic heterocycles. The third-order valence-corrected chi connectivity index (χ3v) is 3.01. The molecule has 0 aliphatic carbocycles. The third-order valence-electron chi connectivity index (χ3n) is 2.41. The van der Waals surface area contributed by atoms with E-state index in [2.05, 4.69) is 5.32 Å². The van der Waals surface area contributed by atoms with Gasteiger partial charge >= 0.3 is 0 Å². The molecule has 0 amide bonds. The summed E-state index contributed by atoms with van der Waals surface area (Å²) in [6, 6.07) is 8.21. The van der Waals surface area contributed by atoms with E-state index in [0.717, 1.165) is 18.2 Å². The molecule has 2 aromatic carbocycles. The van der Waals surface area contributed by atoms with Gasteiger partial charge in [-0.15, -0.1) is 0 Å². The summed E-state index contributed by atoms with van der Waals surface area (Å²) in [5.41, 5.74) is 0.805. The van der Waals surface area contributed by atoms with Gasteiger partial charge in [-0.25, -0.2) is 8.78 Å². The predicted molar refractivity (Wildman–Crippen MR) is 70.1 cm³/mol. The maximum Gasteiger partial charge on any atom is 0.146 e. The molecule has 0 saturated carbocycles. The second kappa shape index (κ2) is 5.55. The Kier molecular flexibility index (Phi) is 4.04. The highest BCUT2D eigenvalue weighted by Crippen LogP contribution is 2.22. The van der Waals surface area contributed by atoms with Crippen LogP contribution in [0.3, 0.4) is 0 Å². The molecule has 0 saturated heterocycles. The quantitative estimate of drug-likeness (QED) is 0.848. The lowest BCUT2D eigenvalue weighted by Crippen LogP contribution is -2.02. The summed E-state index contributed by atoms with van der Waals surface area (Å²) in [6.45, 7) is 0.264. The molecule has 94 valence electrons. The van der Waals surface area contributed by atoms with Gasteiger partial charge in [0.15, 0.2) is 0 Å². The van der Waals surface area contributed by atoms with E-state index in [1.165, 1.54) is 0 Å². The summed E-state index contributed by atoms with van der Waals surface area (Å²) in [5.74, 6) is -1.02. The first kappa shape index (κ1) is 13.1. The van der Waals surface area contributed by atoms with Gasteiger partial charge in [0.2, 0.25) is 0 Å². The number of benzene rings is 2. The fourth-order valence-electron chi connectivity index (χ4n) is 1.50. The van der Waals surface area contributed by atoms with Crippen LogP contribution < -0.4 is 5.32 Å². The number of rotatable bonds is 3. The van der Waals surface area contributed by atoms with E-state index in [1.807, 2.05) is 0 Å². The fourth-order valence-corrected chi connectivity index (χ4v) is 1.88. The van der Waals surface area contributed by atoms with E-state index in [1.54, 1.807) is 18.2 Å². The van der Waals surface area contributed by atoms with Crippen molar-refractivity contribution in [3.05, 3.63) is 63.6 Å². The van der Waals surface area contributed by atoms with Crippen LogP contribution in [-0.2, 0) is 6.54 Å². The van der Waals surface area contributed by atoms with Crippen LogP contribution in [0.5, 0.6) is 0 Å². The zero-order chi connectivity index (χ0) is 13.1. The fraction of sp³-hybridized carbons (Fsp3) is 0.0769. The first-order valence-corrected chi connectivity index (χ1v) is 5.95. The lowest BCUT2D eigenvalue weighted by Gasteiger charge is -2.09. The van der Waals surface area contributed by atoms with Gasteiger partial charge in [0.25, 0.3) is 0 Å². The molecule has 5 heteroatoms. The molecule has 1 N–H and O–H groups in total. The van der Waals surface area contributed by atoms with Crippen molar-refractivity contribution in [2.75, 3.05) is 5.32 Å². The first-order chi connectivity index (χ1) is 8.56. The lowest BCUT2D eigenvalue weighted by molar-refractivity contribution is 0.602. The van der Waals surface area contributed by atoms with Crippen molar-refractivity contribution in [3.8, 4) is 0 Å². The minimum Gasteiger partial charge on any atom is -0.378 e. The molecule has 0 spiro atoms. The van der Waals surface area contributed by atoms with E-state index in [0.29, 0.717) is 15.6 Å². The van der Waals surface area contributed by atoms with Crippen LogP contribution in [0.15, 0.2) is 36.4 Å². The molecule has 2 aromatic rings. The molecule has 0 bridgehead atoms. The monoisotopic (exact) mass is 287 g/mol. The van der Waals surface area contributed by atoms with Crippen molar-refractivity contribution >= 4 is 28.9 Å². The highest BCUT2D eigenvalue weighted by molar-refractivity contribution is 6.33. The van der Waals surface area contributed by atoms with Crippen LogP contribution >= 0.6 is 23.2 Å². The molecule has 0 aliphatic heterocycles. The summed E-state index contributed by atoms with van der Waals surface area (Å²) in [6.07, 6.45) is 0. The van der Waals surface area contributed by atoms with E-state index in [9.17, 15) is 8.78 Å². The Hall–Kier alpha value is -1.32. The Morgan fingerprint density at radius 3 is 2.56 bits per heavy atom. The number of hydrogen-bond acceptors (Lipinski definition) is 1. The zero-order valence-electron chi connectivity index (χ0n) is 9.18. The standard InChI is InChI=1S/C13H9Cl2F2N/c14-9-1-3-11(15)8(5-9)7-18-13-6-10(16)2-4-12(13)17/h1-6,18H,7H2. The molecule has 18 heavy (non-hydrogen) atoms. The molecule has 1 nitrogen and oxygen atoms in total. The lowest BCUT2D eigenvalue weighted by atomic mass is 10.2. The second-order valence-corrected chi connectivity index (χ2v) is 4.56. The topological polar surface area (TPSA) is 12.0 Å². The molecule has 2 rings (SSSR count). The zero-order valence-corrected chi connectivity index (χ0v) is 10.7. The summed E-state index contributed by atoms with van der Waals surface area (Å²) in [7, 11) is 0. The molecular formula is C13H9Cl2F2N. The van der Waals surface area contributed by atoms with Gasteiger partial charge in [0.1, 0.15) is 11.6 Å². The molecular weight excluding hydrogens is 279 g/mol. The van der Waals surface area contributed by atoms with Gasteiger partial charge in [-0.3, -0.25) is 0 Å². The van der Waals surface area contributed by atoms with E-state index < -0.39 is 11.6 Å². The maximum absolute atomic E-state index is 13.4. The molecule has 0 radical (unpaired) electrons. The average Bonchev–Trinajstić information content (AvgIpc) is 2.34. The van der Waals surface area contributed by atoms with Crippen LogP contribution in [0.25, 0.3) is 0 Å². The highest BCUT2D eigenvalue weighted by Gasteiger charge is 2.05. The van der Waals surface area contributed by atoms with Gasteiger partial charge in [0, 0.05) is 16.6 Å². The van der Waals surface area contributed by atoms with Crippen molar-refractivity contribution in [1.82, 2.24) is 0 Å². The molecule has 0 fully saturated rings. The van der Waals surface area contributed by atoms with Gasteiger partial charge < -0.3 is 5.32 Å². The maximum atomic E-state index is 13.4. The highest BCUT2D eigenvalue weighted by atomic mass is 35.5. The van der Waals surface area contributed by atoms with Crippen LogP contribution in [0.1, 0.15) is 5.56 Å². The average molecular weight is 288 g/mol. The van der Waals surface area contributed by atoms with E-state index in [4.69, 9.17) is 23.2 Å². The van der Waals surface area contributed by atoms with Crippen molar-refractivity contribution < 1.29 is 8.78 Å². The molecule has 0 unspecified atom stereocenters. The minimum atomic E-state index is -0.519. The van der Waals surface area contributed by atoms with Gasteiger partial charge in [0.05, 0.1) is 5.69 Å². The Morgan fingerprint density at radius 2 is 1.78 bits per heavy atom. The van der Waals surface area contributed by atoms with Crippen molar-refractivity contribution in [1.29, 1.82) is 0 Å². The second-order valence-electron chi connectivity index (χ2n) is 3.71. The molecule has 0 heterocycles. The molecule has 0 atom stereocenters. The molecule has 0 aliphatic rings. The first-order valence-electron chi connectivity index (χ1n) is 5.19. The number of nitrogens with one attached hydrogen (secondary N) is 1. The number of anilines is 1. The Morgan fingerprint density at radius 1 is 1.00 bits per heavy atom. The van der Waals surface area contributed by atoms with Gasteiger partial charge in [-0.1, -0.05) is 23.2 Å². The van der Waals surface area contributed by atoms with Crippen LogP contribution in [0.4, 0.5) is 14.5 Å². The van der Waals surface area contributed by atoms with Crippen molar-refractivity contribution in [2.45, 2.75) is 6.54 Å². The summed E-state index contributed by atoms with van der Waals surface area (Å²) in [4.78, 5) is 0. The van der Waals surface area contributed by atoms with Crippen LogP contribution in [0.2, 0.25) is 10.0 Å². The Labute approximate surface area is 113 Å². The SMILES string of the molecule is Fc1ccc(F)c(NCc2cc(Cl)ccc2Cl)c1. The Balaban J connectivity index is 2.16. The van der Waals surface area contributed by atoms with Crippen LogP contribution in [0, 0.1) is 11.6 Å². The normalized spacial score (nSPS) is 10.4. The summed E-state index contributed by atoms with van der Waals surface area (Å²) < 4.78 is 26.3. The number of halogens is 4. The largest absolute Gasteiger partial charge is 0.378 e. The Bertz CT molecular complexity index is 521. The summed E-state index contributed by atoms with van der Waals surface area (Å²) in [5, 5.41) is 3.84. The summed E-state index contributed by atoms with van der Waals surface area (Å²) >= 11 is 11.8. The van der Waals surface area contributed by atoms with Crippen LogP contribution in [-0.4, -0.2) is 0 Å². The van der Waals surface area contributed by atoms with Crippen molar-refractivity contribution in [3.63, 3.8) is 0 Å².